The molecule has 5 aromatic rings. The molecule has 314 valence electrons. The molecule has 2 fully saturated rings. The second kappa shape index (κ2) is 15.8. The minimum atomic E-state index is -3.46. The first-order valence-corrected chi connectivity index (χ1v) is 20.1. The van der Waals surface area contributed by atoms with Crippen molar-refractivity contribution in [3.8, 4) is 23.0 Å². The summed E-state index contributed by atoms with van der Waals surface area (Å²) in [6.07, 6.45) is -1.64. The monoisotopic (exact) mass is 850 g/mol. The molecular formula is C44H41ClF6N6O3. The Morgan fingerprint density at radius 2 is 1.68 bits per heavy atom. The minimum absolute atomic E-state index is 0.0147. The van der Waals surface area contributed by atoms with E-state index in [1.807, 2.05) is 0 Å². The summed E-state index contributed by atoms with van der Waals surface area (Å²) in [5.41, 5.74) is -0.589. The Kier molecular flexibility index (Phi) is 11.0. The van der Waals surface area contributed by atoms with E-state index in [0.29, 0.717) is 43.5 Å². The molecule has 9 nitrogen and oxygen atoms in total. The van der Waals surface area contributed by atoms with Gasteiger partial charge in [-0.1, -0.05) is 23.6 Å². The SMILES string of the molecule is Cn1nc(CC(=O)CN2CCCC2)c2c(Cl)ccc(-c3ccc(C#CC(C)(C)O)nc3[C@@H](CC(=O)Cn3nc(C(F)F)c4c3C(F)(F)[C@@H]3C[C@H]43)Cc3cc(F)cc(F)c3)c21. The predicted molar refractivity (Wildman–Crippen MR) is 211 cm³/mol. The number of benzene rings is 2. The number of rotatable bonds is 13. The van der Waals surface area contributed by atoms with E-state index in [2.05, 4.69) is 21.8 Å². The number of aryl methyl sites for hydroxylation is 1. The number of hydrogen-bond donors (Lipinski definition) is 1. The molecular weight excluding hydrogens is 810 g/mol. The fourth-order valence-corrected chi connectivity index (χ4v) is 9.16. The number of nitrogens with zero attached hydrogens (tertiary/aromatic N) is 6. The summed E-state index contributed by atoms with van der Waals surface area (Å²) in [7, 11) is 1.69. The summed E-state index contributed by atoms with van der Waals surface area (Å²) < 4.78 is 90.8. The molecule has 2 aromatic carbocycles. The fourth-order valence-electron chi connectivity index (χ4n) is 8.90. The lowest BCUT2D eigenvalue weighted by Crippen LogP contribution is -2.27. The fraction of sp³-hybridized carbons (Fsp3) is 0.432. The van der Waals surface area contributed by atoms with Gasteiger partial charge in [-0.2, -0.15) is 19.0 Å². The first-order valence-electron chi connectivity index (χ1n) is 19.8. The predicted octanol–water partition coefficient (Wildman–Crippen LogP) is 8.23. The number of fused-ring (bicyclic) bond motifs is 4. The first kappa shape index (κ1) is 41.7. The molecule has 0 spiro atoms. The highest BCUT2D eigenvalue weighted by Gasteiger charge is 2.67. The molecule has 1 N–H and O–H groups in total. The molecule has 1 aliphatic heterocycles. The molecule has 3 aromatic heterocycles. The summed E-state index contributed by atoms with van der Waals surface area (Å²) in [4.78, 5) is 34.4. The average molecular weight is 851 g/mol. The van der Waals surface area contributed by atoms with Crippen LogP contribution in [0.1, 0.15) is 97.4 Å². The standard InChI is InChI=1S/C44H41ClF6N6O3/c1-43(2,60)11-10-27-6-7-30(31-8-9-34(45)37-35(53-55(3)40(31)37)19-29(59)21-56-12-4-5-13-56)38(52-27)24(14-23-15-25(46)18-26(47)16-23)17-28(58)22-57-41-36(39(54-57)42(48)49)32-20-33(32)44(41,50)51/h6-9,15-16,18,24,32-33,42,60H,4-5,12-14,17,19-22H2,1-3H3/t24-,32+,33-/m1/s1. The average Bonchev–Trinajstić information content (AvgIpc) is 3.36. The lowest BCUT2D eigenvalue weighted by molar-refractivity contribution is -0.121. The minimum Gasteiger partial charge on any atom is -0.378 e. The van der Waals surface area contributed by atoms with E-state index in [1.165, 1.54) is 13.8 Å². The second-order valence-corrected chi connectivity index (χ2v) is 17.0. The number of carbonyl (C=O) groups is 2. The van der Waals surface area contributed by atoms with E-state index in [-0.39, 0.29) is 54.1 Å². The lowest BCUT2D eigenvalue weighted by atomic mass is 9.86. The Bertz CT molecular complexity index is 2580. The smallest absolute Gasteiger partial charge is 0.293 e. The molecule has 0 unspecified atom stereocenters. The van der Waals surface area contributed by atoms with Gasteiger partial charge in [0.2, 0.25) is 0 Å². The van der Waals surface area contributed by atoms with Crippen molar-refractivity contribution < 1.29 is 41.0 Å². The summed E-state index contributed by atoms with van der Waals surface area (Å²) in [6.45, 7) is 4.14. The Labute approximate surface area is 346 Å². The maximum absolute atomic E-state index is 15.5. The third-order valence-electron chi connectivity index (χ3n) is 11.4. The van der Waals surface area contributed by atoms with Gasteiger partial charge in [-0.3, -0.25) is 23.9 Å². The maximum Gasteiger partial charge on any atom is 0.293 e. The molecule has 8 rings (SSSR count). The van der Waals surface area contributed by atoms with Crippen molar-refractivity contribution in [3.63, 3.8) is 0 Å². The number of aromatic nitrogens is 5. The number of ketones is 2. The number of Topliss-reactive ketones (excluding diaryl/α,β-unsaturated/α-hetero) is 2. The highest BCUT2D eigenvalue weighted by atomic mass is 35.5. The second-order valence-electron chi connectivity index (χ2n) is 16.6. The van der Waals surface area contributed by atoms with Gasteiger partial charge >= 0.3 is 0 Å². The van der Waals surface area contributed by atoms with Crippen LogP contribution in [0.2, 0.25) is 5.02 Å². The van der Waals surface area contributed by atoms with Crippen molar-refractivity contribution in [2.45, 2.75) is 88.7 Å². The number of likely N-dealkylation sites (tertiary alicyclic amines) is 1. The Balaban J connectivity index is 1.24. The molecule has 60 heavy (non-hydrogen) atoms. The van der Waals surface area contributed by atoms with Crippen molar-refractivity contribution in [2.75, 3.05) is 19.6 Å². The van der Waals surface area contributed by atoms with Gasteiger partial charge in [-0.05, 0) is 100 Å². The Morgan fingerprint density at radius 3 is 2.37 bits per heavy atom. The highest BCUT2D eigenvalue weighted by molar-refractivity contribution is 6.36. The van der Waals surface area contributed by atoms with Gasteiger partial charge in [0, 0.05) is 53.4 Å². The van der Waals surface area contributed by atoms with Crippen LogP contribution >= 0.6 is 11.6 Å². The van der Waals surface area contributed by atoms with Crippen LogP contribution in [0.3, 0.4) is 0 Å². The van der Waals surface area contributed by atoms with Crippen molar-refractivity contribution >= 4 is 34.1 Å². The van der Waals surface area contributed by atoms with Crippen LogP contribution in [0, 0.1) is 29.4 Å². The summed E-state index contributed by atoms with van der Waals surface area (Å²) in [5.74, 6) is -3.27. The number of halogens is 7. The van der Waals surface area contributed by atoms with Crippen molar-refractivity contribution in [3.05, 3.63) is 98.7 Å². The number of pyridine rings is 1. The van der Waals surface area contributed by atoms with E-state index >= 15 is 8.78 Å². The Morgan fingerprint density at radius 1 is 0.983 bits per heavy atom. The molecule has 1 saturated carbocycles. The van der Waals surface area contributed by atoms with Crippen LogP contribution in [-0.4, -0.2) is 71.4 Å². The number of aliphatic hydroxyl groups is 1. The summed E-state index contributed by atoms with van der Waals surface area (Å²) in [6, 6.07) is 9.56. The molecule has 3 atom stereocenters. The van der Waals surface area contributed by atoms with E-state index in [0.717, 1.165) is 38.1 Å². The van der Waals surface area contributed by atoms with Crippen LogP contribution in [0.25, 0.3) is 22.0 Å². The van der Waals surface area contributed by atoms with Crippen LogP contribution in [-0.2, 0) is 41.9 Å². The number of carbonyl (C=O) groups excluding carboxylic acids is 2. The van der Waals surface area contributed by atoms with Crippen molar-refractivity contribution in [2.24, 2.45) is 13.0 Å². The van der Waals surface area contributed by atoms with E-state index in [9.17, 15) is 32.3 Å². The topological polar surface area (TPSA) is 106 Å². The lowest BCUT2D eigenvalue weighted by Gasteiger charge is -2.22. The van der Waals surface area contributed by atoms with Crippen LogP contribution < -0.4 is 0 Å². The third kappa shape index (κ3) is 8.21. The number of hydrogen-bond acceptors (Lipinski definition) is 7. The van der Waals surface area contributed by atoms with Gasteiger partial charge in [0.05, 0.1) is 34.9 Å². The van der Waals surface area contributed by atoms with Crippen LogP contribution in [0.15, 0.2) is 42.5 Å². The summed E-state index contributed by atoms with van der Waals surface area (Å²) in [5, 5.41) is 19.8. The van der Waals surface area contributed by atoms with Gasteiger partial charge < -0.3 is 5.11 Å². The highest BCUT2D eigenvalue weighted by Crippen LogP contribution is 2.68. The third-order valence-corrected chi connectivity index (χ3v) is 11.8. The normalized spacial score (nSPS) is 18.7. The summed E-state index contributed by atoms with van der Waals surface area (Å²) >= 11 is 6.82. The van der Waals surface area contributed by atoms with E-state index < -0.39 is 77.5 Å². The molecule has 0 bridgehead atoms. The molecule has 16 heteroatoms. The van der Waals surface area contributed by atoms with Gasteiger partial charge in [-0.25, -0.2) is 22.5 Å². The zero-order chi connectivity index (χ0) is 42.8. The zero-order valence-corrected chi connectivity index (χ0v) is 33.8. The van der Waals surface area contributed by atoms with Gasteiger partial charge in [0.15, 0.2) is 11.6 Å². The van der Waals surface area contributed by atoms with Gasteiger partial charge in [0.25, 0.3) is 12.3 Å². The molecule has 0 amide bonds. The van der Waals surface area contributed by atoms with E-state index in [1.54, 1.807) is 36.0 Å². The largest absolute Gasteiger partial charge is 0.378 e. The van der Waals surface area contributed by atoms with Gasteiger partial charge in [-0.15, -0.1) is 0 Å². The van der Waals surface area contributed by atoms with Crippen molar-refractivity contribution in [1.29, 1.82) is 0 Å². The zero-order valence-electron chi connectivity index (χ0n) is 33.0. The first-order chi connectivity index (χ1) is 28.4. The van der Waals surface area contributed by atoms with Crippen molar-refractivity contribution in [1.82, 2.24) is 29.4 Å². The van der Waals surface area contributed by atoms with Crippen LogP contribution in [0.4, 0.5) is 26.3 Å². The number of alkyl halides is 4. The molecule has 3 aliphatic rings. The maximum atomic E-state index is 15.5. The Hall–Kier alpha value is -5.04. The van der Waals surface area contributed by atoms with Gasteiger partial charge in [0.1, 0.15) is 40.9 Å². The molecule has 1 saturated heterocycles. The molecule has 2 aliphatic carbocycles. The quantitative estimate of drug-likeness (QED) is 0.0941. The van der Waals surface area contributed by atoms with Crippen LogP contribution in [0.5, 0.6) is 0 Å². The van der Waals surface area contributed by atoms with E-state index in [4.69, 9.17) is 21.7 Å². The molecule has 0 radical (unpaired) electrons. The molecule has 4 heterocycles.